The molecule has 2 aromatic carbocycles. The number of benzene rings is 2. The van der Waals surface area contributed by atoms with Gasteiger partial charge in [0.15, 0.2) is 0 Å². The Bertz CT molecular complexity index is 637. The predicted molar refractivity (Wildman–Crippen MR) is 66.0 cm³/mol. The van der Waals surface area contributed by atoms with Crippen LogP contribution in [-0.2, 0) is 0 Å². The normalized spacial score (nSPS) is 15.2. The summed E-state index contributed by atoms with van der Waals surface area (Å²) in [4.78, 5) is -2.01. The molecule has 0 saturated carbocycles. The molecule has 0 saturated heterocycles. The van der Waals surface area contributed by atoms with Crippen molar-refractivity contribution in [3.63, 3.8) is 0 Å². The highest BCUT2D eigenvalue weighted by atomic mass is 32.5. The molecule has 0 bridgehead atoms. The molecule has 0 amide bonds. The molecule has 0 heterocycles. The highest BCUT2D eigenvalue weighted by Crippen LogP contribution is 3.02. The van der Waals surface area contributed by atoms with E-state index < -0.39 is 15.1 Å². The highest BCUT2D eigenvalue weighted by Gasteiger charge is 2.65. The van der Waals surface area contributed by atoms with Gasteiger partial charge in [0, 0.05) is 6.07 Å². The van der Waals surface area contributed by atoms with Crippen LogP contribution in [0.5, 0.6) is 17.2 Å². The summed E-state index contributed by atoms with van der Waals surface area (Å²) in [6, 6.07) is 7.60. The van der Waals surface area contributed by atoms with Crippen LogP contribution >= 0.6 is 10.2 Å². The summed E-state index contributed by atoms with van der Waals surface area (Å²) in [5.74, 6) is -0.318. The number of ether oxygens (including phenoxy) is 1. The first-order chi connectivity index (χ1) is 8.94. The summed E-state index contributed by atoms with van der Waals surface area (Å²) in [6.45, 7) is 0. The number of aromatic hydroxyl groups is 1. The van der Waals surface area contributed by atoms with Crippen LogP contribution < -0.4 is 4.74 Å². The van der Waals surface area contributed by atoms with Crippen molar-refractivity contribution in [1.29, 1.82) is 0 Å². The molecule has 0 atom stereocenters. The van der Waals surface area contributed by atoms with Crippen LogP contribution in [0.15, 0.2) is 53.4 Å². The Morgan fingerprint density at radius 2 is 1.40 bits per heavy atom. The molecule has 8 heteroatoms. The first-order valence-corrected chi connectivity index (χ1v) is 7.20. The number of phenols is 1. The largest absolute Gasteiger partial charge is 0.508 e. The van der Waals surface area contributed by atoms with E-state index in [4.69, 9.17) is 9.84 Å². The SMILES string of the molecule is Oc1ccc(Oc2cccc(S(F)(F)(F)(F)F)c2)cc1. The maximum atomic E-state index is 12.6. The van der Waals surface area contributed by atoms with Gasteiger partial charge in [0.05, 0.1) is 0 Å². The van der Waals surface area contributed by atoms with Crippen molar-refractivity contribution in [2.24, 2.45) is 0 Å². The molecule has 0 spiro atoms. The lowest BCUT2D eigenvalue weighted by Crippen LogP contribution is -2.05. The lowest BCUT2D eigenvalue weighted by Gasteiger charge is -2.40. The Hall–Kier alpha value is -1.96. The number of hydrogen-bond donors (Lipinski definition) is 1. The highest BCUT2D eigenvalue weighted by molar-refractivity contribution is 8.45. The van der Waals surface area contributed by atoms with E-state index in [2.05, 4.69) is 0 Å². The van der Waals surface area contributed by atoms with Gasteiger partial charge in [-0.15, -0.1) is 0 Å². The molecule has 0 aromatic heterocycles. The second kappa shape index (κ2) is 3.78. The molecular formula is C12H9F5O2S. The molecule has 0 radical (unpaired) electrons. The molecule has 0 unspecified atom stereocenters. The minimum Gasteiger partial charge on any atom is -0.508 e. The lowest BCUT2D eigenvalue weighted by atomic mass is 10.3. The van der Waals surface area contributed by atoms with Gasteiger partial charge in [-0.3, -0.25) is 0 Å². The molecular weight excluding hydrogens is 303 g/mol. The zero-order valence-electron chi connectivity index (χ0n) is 9.77. The van der Waals surface area contributed by atoms with E-state index in [0.29, 0.717) is 6.07 Å². The predicted octanol–water partition coefficient (Wildman–Crippen LogP) is 5.84. The van der Waals surface area contributed by atoms with Crippen molar-refractivity contribution < 1.29 is 29.3 Å². The van der Waals surface area contributed by atoms with Gasteiger partial charge in [0.2, 0.25) is 0 Å². The van der Waals surface area contributed by atoms with Gasteiger partial charge in [0.1, 0.15) is 22.1 Å². The third-order valence-corrected chi connectivity index (χ3v) is 3.47. The minimum absolute atomic E-state index is 0.0573. The number of phenolic OH excluding ortho intramolecular Hbond substituents is 1. The summed E-state index contributed by atoms with van der Waals surface area (Å²) >= 11 is 0. The fourth-order valence-electron chi connectivity index (χ4n) is 1.43. The lowest BCUT2D eigenvalue weighted by molar-refractivity contribution is 0.362. The molecule has 2 rings (SSSR count). The van der Waals surface area contributed by atoms with E-state index in [-0.39, 0.29) is 23.3 Å². The van der Waals surface area contributed by atoms with E-state index in [0.717, 1.165) is 12.1 Å². The van der Waals surface area contributed by atoms with Crippen molar-refractivity contribution in [3.8, 4) is 17.2 Å². The summed E-state index contributed by atoms with van der Waals surface area (Å²) < 4.78 is 68.2. The smallest absolute Gasteiger partial charge is 0.310 e. The molecule has 0 aliphatic heterocycles. The van der Waals surface area contributed by atoms with E-state index in [1.54, 1.807) is 0 Å². The van der Waals surface area contributed by atoms with Gasteiger partial charge >= 0.3 is 10.2 Å². The molecule has 0 fully saturated rings. The Kier molecular flexibility index (Phi) is 2.73. The van der Waals surface area contributed by atoms with Gasteiger partial charge in [-0.25, -0.2) is 0 Å². The molecule has 0 aliphatic carbocycles. The van der Waals surface area contributed by atoms with Crippen molar-refractivity contribution in [1.82, 2.24) is 0 Å². The Morgan fingerprint density at radius 1 is 0.800 bits per heavy atom. The van der Waals surface area contributed by atoms with Crippen LogP contribution in [0.1, 0.15) is 0 Å². The van der Waals surface area contributed by atoms with Gasteiger partial charge < -0.3 is 9.84 Å². The average molecular weight is 312 g/mol. The van der Waals surface area contributed by atoms with E-state index in [9.17, 15) is 19.4 Å². The molecule has 2 aromatic rings. The fraction of sp³-hybridized carbons (Fsp3) is 0. The summed E-state index contributed by atoms with van der Waals surface area (Å²) in [6.07, 6.45) is 0. The first-order valence-electron chi connectivity index (χ1n) is 5.25. The quantitative estimate of drug-likeness (QED) is 0.721. The van der Waals surface area contributed by atoms with Crippen LogP contribution in [-0.4, -0.2) is 5.11 Å². The zero-order chi connectivity index (χ0) is 15.1. The summed E-state index contributed by atoms with van der Waals surface area (Å²) in [5.41, 5.74) is 0. The summed E-state index contributed by atoms with van der Waals surface area (Å²) in [7, 11) is -9.72. The van der Waals surface area contributed by atoms with Crippen LogP contribution in [0.2, 0.25) is 0 Å². The fourth-order valence-corrected chi connectivity index (χ4v) is 2.10. The van der Waals surface area contributed by atoms with Crippen LogP contribution in [0, 0.1) is 0 Å². The Balaban J connectivity index is 2.35. The molecule has 1 N–H and O–H groups in total. The van der Waals surface area contributed by atoms with E-state index in [1.165, 1.54) is 24.3 Å². The Morgan fingerprint density at radius 3 is 1.95 bits per heavy atom. The molecule has 110 valence electrons. The van der Waals surface area contributed by atoms with Gasteiger partial charge in [-0.2, -0.15) is 0 Å². The van der Waals surface area contributed by atoms with E-state index >= 15 is 0 Å². The number of halogens is 5. The molecule has 20 heavy (non-hydrogen) atoms. The van der Waals surface area contributed by atoms with Crippen molar-refractivity contribution in [2.75, 3.05) is 0 Å². The average Bonchev–Trinajstić information content (AvgIpc) is 2.30. The molecule has 0 aliphatic rings. The van der Waals surface area contributed by atoms with Crippen LogP contribution in [0.25, 0.3) is 0 Å². The van der Waals surface area contributed by atoms with Gasteiger partial charge in [-0.1, -0.05) is 25.5 Å². The third-order valence-electron chi connectivity index (χ3n) is 2.32. The zero-order valence-corrected chi connectivity index (χ0v) is 10.6. The second-order valence-electron chi connectivity index (χ2n) is 4.04. The third kappa shape index (κ3) is 3.53. The maximum absolute atomic E-state index is 12.6. The van der Waals surface area contributed by atoms with Crippen molar-refractivity contribution in [3.05, 3.63) is 48.5 Å². The topological polar surface area (TPSA) is 29.5 Å². The first kappa shape index (κ1) is 14.4. The Labute approximate surface area is 111 Å². The second-order valence-corrected chi connectivity index (χ2v) is 6.45. The van der Waals surface area contributed by atoms with Crippen molar-refractivity contribution in [2.45, 2.75) is 4.90 Å². The van der Waals surface area contributed by atoms with Gasteiger partial charge in [-0.05, 0) is 36.4 Å². The van der Waals surface area contributed by atoms with Gasteiger partial charge in [0.25, 0.3) is 0 Å². The number of rotatable bonds is 3. The standard InChI is InChI=1S/C12H9F5O2S/c13-20(14,15,16,17)12-3-1-2-11(8-12)19-10-6-4-9(18)5-7-10/h1-8,18H. The number of hydrogen-bond acceptors (Lipinski definition) is 2. The monoisotopic (exact) mass is 312 g/mol. The van der Waals surface area contributed by atoms with Crippen LogP contribution in [0.3, 0.4) is 0 Å². The molecule has 2 nitrogen and oxygen atoms in total. The van der Waals surface area contributed by atoms with Crippen molar-refractivity contribution >= 4 is 10.2 Å². The maximum Gasteiger partial charge on any atom is 0.310 e. The minimum atomic E-state index is -9.72. The van der Waals surface area contributed by atoms with Crippen LogP contribution in [0.4, 0.5) is 19.4 Å². The summed E-state index contributed by atoms with van der Waals surface area (Å²) in [5, 5.41) is 9.04. The van der Waals surface area contributed by atoms with E-state index in [1.807, 2.05) is 0 Å².